The summed E-state index contributed by atoms with van der Waals surface area (Å²) >= 11 is 0. The van der Waals surface area contributed by atoms with Gasteiger partial charge >= 0.3 is 12.0 Å². The van der Waals surface area contributed by atoms with E-state index in [0.29, 0.717) is 37.3 Å². The van der Waals surface area contributed by atoms with E-state index in [-0.39, 0.29) is 24.8 Å². The summed E-state index contributed by atoms with van der Waals surface area (Å²) in [5.41, 5.74) is 5.01. The van der Waals surface area contributed by atoms with Crippen LogP contribution >= 0.6 is 0 Å². The maximum Gasteiger partial charge on any atom is 0.414 e. The second-order valence-electron chi connectivity index (χ2n) is 8.43. The highest BCUT2D eigenvalue weighted by Crippen LogP contribution is 2.31. The smallest absolute Gasteiger partial charge is 0.414 e. The van der Waals surface area contributed by atoms with Gasteiger partial charge in [-0.1, -0.05) is 0 Å². The Morgan fingerprint density at radius 3 is 2.69 bits per heavy atom. The molecule has 2 aliphatic rings. The highest BCUT2D eigenvalue weighted by Gasteiger charge is 2.37. The lowest BCUT2D eigenvalue weighted by atomic mass is 9.89. The molecule has 0 saturated carbocycles. The number of amides is 3. The van der Waals surface area contributed by atoms with Crippen LogP contribution in [0, 0.1) is 17.1 Å². The van der Waals surface area contributed by atoms with Crippen LogP contribution in [0.5, 0.6) is 0 Å². The number of carbonyl (C=O) groups is 3. The van der Waals surface area contributed by atoms with Gasteiger partial charge in [0, 0.05) is 20.0 Å². The third kappa shape index (κ3) is 5.36. The molecule has 0 spiro atoms. The molecule has 2 aromatic rings. The minimum atomic E-state index is -1.00. The highest BCUT2D eigenvalue weighted by atomic mass is 19.1. The molecule has 3 N–H and O–H groups in total. The molecular weight excluding hydrogens is 459 g/mol. The number of carbonyl (C=O) groups excluding carboxylic acids is 3. The van der Waals surface area contributed by atoms with E-state index in [9.17, 15) is 19.6 Å². The van der Waals surface area contributed by atoms with Crippen LogP contribution in [0.1, 0.15) is 30.3 Å². The third-order valence-electron chi connectivity index (χ3n) is 6.03. The van der Waals surface area contributed by atoms with E-state index >= 15 is 4.39 Å². The van der Waals surface area contributed by atoms with Crippen molar-refractivity contribution in [3.63, 3.8) is 0 Å². The van der Waals surface area contributed by atoms with Crippen LogP contribution in [0.25, 0.3) is 0 Å². The largest absolute Gasteiger partial charge is 0.459 e. The maximum absolute atomic E-state index is 15.0. The molecule has 2 aliphatic heterocycles. The van der Waals surface area contributed by atoms with Crippen LogP contribution in [-0.4, -0.2) is 55.7 Å². The topological polar surface area (TPSA) is 140 Å². The molecule has 0 aliphatic carbocycles. The Balaban J connectivity index is 1.36. The Kier molecular flexibility index (Phi) is 6.88. The van der Waals surface area contributed by atoms with Crippen molar-refractivity contribution in [2.24, 2.45) is 0 Å². The maximum atomic E-state index is 15.0. The number of nitriles is 1. The van der Waals surface area contributed by atoms with E-state index in [2.05, 4.69) is 22.2 Å². The lowest BCUT2D eigenvalue weighted by Crippen LogP contribution is -2.58. The summed E-state index contributed by atoms with van der Waals surface area (Å²) in [7, 11) is 0. The number of hydrogen-bond acceptors (Lipinski definition) is 8. The van der Waals surface area contributed by atoms with Crippen LogP contribution in [0.4, 0.5) is 20.6 Å². The molecule has 3 heterocycles. The number of hydrogen-bond donors (Lipinski definition) is 3. The van der Waals surface area contributed by atoms with E-state index in [1.54, 1.807) is 18.2 Å². The average molecular weight is 484 g/mol. The van der Waals surface area contributed by atoms with Gasteiger partial charge in [-0.2, -0.15) is 5.26 Å². The van der Waals surface area contributed by atoms with E-state index in [1.807, 2.05) is 4.90 Å². The fourth-order valence-corrected chi connectivity index (χ4v) is 4.06. The molecule has 2 saturated heterocycles. The lowest BCUT2D eigenvalue weighted by molar-refractivity contribution is -0.119. The van der Waals surface area contributed by atoms with Crippen molar-refractivity contribution in [3.05, 3.63) is 48.2 Å². The quantitative estimate of drug-likeness (QED) is 0.505. The minimum Gasteiger partial charge on any atom is -0.459 e. The number of halogens is 1. The van der Waals surface area contributed by atoms with Crippen LogP contribution in [-0.2, 0) is 9.53 Å². The number of cyclic esters (lactones) is 1. The summed E-state index contributed by atoms with van der Waals surface area (Å²) in [5.74, 6) is -1.11. The second kappa shape index (κ2) is 10.0. The van der Waals surface area contributed by atoms with Gasteiger partial charge in [-0.25, -0.2) is 14.6 Å². The van der Waals surface area contributed by atoms with Crippen molar-refractivity contribution < 1.29 is 27.9 Å². The predicted octanol–water partition coefficient (Wildman–Crippen LogP) is 1.68. The molecule has 3 amide bonds. The monoisotopic (exact) mass is 484 g/mol. The Hall–Kier alpha value is -4.11. The van der Waals surface area contributed by atoms with Crippen molar-refractivity contribution >= 4 is 29.3 Å². The number of rotatable bonds is 7. The Bertz CT molecular complexity index is 1140. The molecule has 1 unspecified atom stereocenters. The zero-order valence-electron chi connectivity index (χ0n) is 19.0. The first-order valence-corrected chi connectivity index (χ1v) is 11.1. The number of hydrazine groups is 1. The van der Waals surface area contributed by atoms with Gasteiger partial charge in [0.25, 0.3) is 0 Å². The predicted molar refractivity (Wildman–Crippen MR) is 122 cm³/mol. The normalized spacial score (nSPS) is 19.1. The fourth-order valence-electron chi connectivity index (χ4n) is 4.06. The first kappa shape index (κ1) is 24.0. The number of ether oxygens (including phenoxy) is 1. The number of benzene rings is 1. The van der Waals surface area contributed by atoms with Crippen molar-refractivity contribution in [2.75, 3.05) is 36.0 Å². The summed E-state index contributed by atoms with van der Waals surface area (Å²) in [6.45, 7) is 2.50. The number of furan rings is 1. The molecule has 11 nitrogen and oxygen atoms in total. The lowest BCUT2D eigenvalue weighted by Gasteiger charge is -2.39. The summed E-state index contributed by atoms with van der Waals surface area (Å²) in [6.07, 6.45) is 0.936. The minimum absolute atomic E-state index is 0.119. The molecule has 1 aromatic carbocycles. The number of nitrogens with one attached hydrogen (secondary N) is 3. The van der Waals surface area contributed by atoms with Gasteiger partial charge < -0.3 is 19.4 Å². The van der Waals surface area contributed by atoms with Gasteiger partial charge in [-0.15, -0.1) is 0 Å². The van der Waals surface area contributed by atoms with Gasteiger partial charge in [0.05, 0.1) is 36.8 Å². The van der Waals surface area contributed by atoms with Gasteiger partial charge in [0.1, 0.15) is 17.5 Å². The molecule has 12 heteroatoms. The Morgan fingerprint density at radius 2 is 2.06 bits per heavy atom. The molecule has 4 rings (SSSR count). The molecular formula is C23H25FN6O5. The molecule has 0 bridgehead atoms. The van der Waals surface area contributed by atoms with E-state index in [1.165, 1.54) is 30.2 Å². The highest BCUT2D eigenvalue weighted by molar-refractivity contribution is 5.91. The van der Waals surface area contributed by atoms with Crippen molar-refractivity contribution in [3.8, 4) is 6.07 Å². The number of anilines is 2. The van der Waals surface area contributed by atoms with Gasteiger partial charge in [0.2, 0.25) is 5.91 Å². The number of nitrogens with zero attached hydrogens (tertiary/aromatic N) is 3. The molecule has 184 valence electrons. The van der Waals surface area contributed by atoms with E-state index in [0.717, 1.165) is 0 Å². The van der Waals surface area contributed by atoms with Crippen molar-refractivity contribution in [1.82, 2.24) is 16.2 Å². The molecule has 2 fully saturated rings. The zero-order valence-corrected chi connectivity index (χ0v) is 19.0. The van der Waals surface area contributed by atoms with Gasteiger partial charge in [-0.3, -0.25) is 19.9 Å². The first-order chi connectivity index (χ1) is 16.8. The summed E-state index contributed by atoms with van der Waals surface area (Å²) in [5, 5.41) is 12.3. The third-order valence-corrected chi connectivity index (χ3v) is 6.03. The Labute approximate surface area is 200 Å². The molecule has 35 heavy (non-hydrogen) atoms. The molecule has 1 atom stereocenters. The SMILES string of the molecule is CC(=O)NCC1CN(c2ccc(N3CCC(C#N)(NNC(=O)c4ccco4)CC3)c(F)c2)C(=O)O1. The standard InChI is InChI=1S/C23H25FN6O5/c1-15(31)26-12-17-13-30(22(33)35-17)16-4-5-19(18(24)11-16)29-8-6-23(14-25,7-9-29)28-27-21(32)20-3-2-10-34-20/h2-5,10-11,17,28H,6-9,12-13H2,1H3,(H,26,31)(H,27,32). The molecule has 1 aromatic heterocycles. The molecule has 0 radical (unpaired) electrons. The Morgan fingerprint density at radius 1 is 1.29 bits per heavy atom. The zero-order chi connectivity index (χ0) is 25.0. The number of piperidine rings is 1. The van der Waals surface area contributed by atoms with Gasteiger partial charge in [0.15, 0.2) is 5.76 Å². The van der Waals surface area contributed by atoms with Crippen molar-refractivity contribution in [1.29, 1.82) is 5.26 Å². The van der Waals surface area contributed by atoms with Crippen LogP contribution in [0.3, 0.4) is 0 Å². The van der Waals surface area contributed by atoms with Gasteiger partial charge in [-0.05, 0) is 43.2 Å². The van der Waals surface area contributed by atoms with E-state index in [4.69, 9.17) is 9.15 Å². The average Bonchev–Trinajstić information content (AvgIpc) is 3.52. The fraction of sp³-hybridized carbons (Fsp3) is 0.391. The first-order valence-electron chi connectivity index (χ1n) is 11.1. The summed E-state index contributed by atoms with van der Waals surface area (Å²) < 4.78 is 25.3. The van der Waals surface area contributed by atoms with Crippen LogP contribution in [0.15, 0.2) is 41.0 Å². The van der Waals surface area contributed by atoms with Crippen LogP contribution < -0.4 is 26.0 Å². The second-order valence-corrected chi connectivity index (χ2v) is 8.43. The van der Waals surface area contributed by atoms with Crippen molar-refractivity contribution in [2.45, 2.75) is 31.4 Å². The van der Waals surface area contributed by atoms with E-state index < -0.39 is 29.5 Å². The summed E-state index contributed by atoms with van der Waals surface area (Å²) in [4.78, 5) is 38.5. The summed E-state index contributed by atoms with van der Waals surface area (Å²) in [6, 6.07) is 9.80. The van der Waals surface area contributed by atoms with Crippen LogP contribution in [0.2, 0.25) is 0 Å².